The quantitative estimate of drug-likeness (QED) is 0.751. The maximum Gasteiger partial charge on any atom is 0.0793 e. The number of para-hydroxylation sites is 1. The zero-order chi connectivity index (χ0) is 11.9. The summed E-state index contributed by atoms with van der Waals surface area (Å²) in [5.74, 6) is 0. The number of anilines is 2. The molecule has 0 aromatic heterocycles. The Morgan fingerprint density at radius 1 is 1.24 bits per heavy atom. The summed E-state index contributed by atoms with van der Waals surface area (Å²) in [5, 5.41) is 4.43. The predicted octanol–water partition coefficient (Wildman–Crippen LogP) is 3.90. The molecule has 3 heteroatoms. The summed E-state index contributed by atoms with van der Waals surface area (Å²) in [6.45, 7) is 1.05. The number of likely N-dealkylation sites (N-methyl/N-ethyl adjacent to an activating group) is 1. The molecule has 2 aliphatic rings. The van der Waals surface area contributed by atoms with Crippen molar-refractivity contribution in [3.63, 3.8) is 0 Å². The lowest BCUT2D eigenvalue weighted by molar-refractivity contribution is 0.294. The van der Waals surface area contributed by atoms with Crippen LogP contribution in [0.2, 0.25) is 5.02 Å². The van der Waals surface area contributed by atoms with E-state index in [-0.39, 0.29) is 5.54 Å². The summed E-state index contributed by atoms with van der Waals surface area (Å²) in [6, 6.07) is 6.12. The molecule has 1 fully saturated rings. The minimum absolute atomic E-state index is 0.288. The first kappa shape index (κ1) is 11.2. The van der Waals surface area contributed by atoms with Crippen LogP contribution in [0.4, 0.5) is 11.4 Å². The van der Waals surface area contributed by atoms with Gasteiger partial charge >= 0.3 is 0 Å². The maximum atomic E-state index is 6.36. The van der Waals surface area contributed by atoms with Gasteiger partial charge in [0.2, 0.25) is 0 Å². The molecule has 1 aliphatic carbocycles. The van der Waals surface area contributed by atoms with Crippen LogP contribution in [0, 0.1) is 0 Å². The minimum atomic E-state index is 0.288. The number of nitrogens with one attached hydrogen (secondary N) is 1. The van der Waals surface area contributed by atoms with E-state index >= 15 is 0 Å². The second kappa shape index (κ2) is 4.09. The highest BCUT2D eigenvalue weighted by Gasteiger charge is 2.40. The van der Waals surface area contributed by atoms with Crippen LogP contribution in [-0.4, -0.2) is 19.1 Å². The van der Waals surface area contributed by atoms with Crippen molar-refractivity contribution in [3.05, 3.63) is 23.2 Å². The molecule has 0 saturated heterocycles. The molecule has 17 heavy (non-hydrogen) atoms. The van der Waals surface area contributed by atoms with E-state index in [4.69, 9.17) is 11.6 Å². The number of hydrogen-bond acceptors (Lipinski definition) is 2. The van der Waals surface area contributed by atoms with Crippen LogP contribution in [0.15, 0.2) is 18.2 Å². The van der Waals surface area contributed by atoms with Crippen LogP contribution in [0.5, 0.6) is 0 Å². The smallest absolute Gasteiger partial charge is 0.0793 e. The Morgan fingerprint density at radius 2 is 2.00 bits per heavy atom. The van der Waals surface area contributed by atoms with Crippen LogP contribution in [0.3, 0.4) is 0 Å². The molecule has 1 heterocycles. The molecule has 3 rings (SSSR count). The second-order valence-corrected chi connectivity index (χ2v) is 5.74. The highest BCUT2D eigenvalue weighted by Crippen LogP contribution is 2.45. The van der Waals surface area contributed by atoms with Crippen LogP contribution < -0.4 is 10.2 Å². The average Bonchev–Trinajstić information content (AvgIpc) is 2.36. The molecule has 1 spiro atoms. The summed E-state index contributed by atoms with van der Waals surface area (Å²) < 4.78 is 0. The molecular weight excluding hydrogens is 232 g/mol. The normalized spacial score (nSPS) is 22.1. The zero-order valence-corrected chi connectivity index (χ0v) is 11.1. The van der Waals surface area contributed by atoms with Crippen molar-refractivity contribution in [2.45, 2.75) is 37.6 Å². The first-order chi connectivity index (χ1) is 8.23. The van der Waals surface area contributed by atoms with Gasteiger partial charge in [0, 0.05) is 13.6 Å². The number of hydrogen-bond donors (Lipinski definition) is 1. The Morgan fingerprint density at radius 3 is 2.76 bits per heavy atom. The van der Waals surface area contributed by atoms with Gasteiger partial charge in [0.05, 0.1) is 21.9 Å². The van der Waals surface area contributed by atoms with Gasteiger partial charge in [-0.05, 0) is 25.0 Å². The molecule has 0 amide bonds. The molecule has 0 unspecified atom stereocenters. The average molecular weight is 251 g/mol. The molecule has 0 radical (unpaired) electrons. The Labute approximate surface area is 108 Å². The van der Waals surface area contributed by atoms with E-state index in [1.165, 1.54) is 43.5 Å². The summed E-state index contributed by atoms with van der Waals surface area (Å²) in [5.41, 5.74) is 2.65. The fourth-order valence-electron chi connectivity index (χ4n) is 3.34. The van der Waals surface area contributed by atoms with Crippen molar-refractivity contribution < 1.29 is 0 Å². The van der Waals surface area contributed by atoms with Crippen LogP contribution in [0.1, 0.15) is 32.1 Å². The summed E-state index contributed by atoms with van der Waals surface area (Å²) >= 11 is 6.36. The van der Waals surface area contributed by atoms with Gasteiger partial charge in [-0.2, -0.15) is 0 Å². The molecule has 2 nitrogen and oxygen atoms in total. The van der Waals surface area contributed by atoms with Crippen molar-refractivity contribution in [3.8, 4) is 0 Å². The largest absolute Gasteiger partial charge is 0.381 e. The fraction of sp³-hybridized carbons (Fsp3) is 0.571. The van der Waals surface area contributed by atoms with Gasteiger partial charge in [0.15, 0.2) is 0 Å². The van der Waals surface area contributed by atoms with Crippen LogP contribution in [-0.2, 0) is 0 Å². The molecule has 0 atom stereocenters. The third kappa shape index (κ3) is 1.70. The van der Waals surface area contributed by atoms with E-state index in [0.29, 0.717) is 0 Å². The Kier molecular flexibility index (Phi) is 2.70. The van der Waals surface area contributed by atoms with E-state index in [1.54, 1.807) is 0 Å². The van der Waals surface area contributed by atoms with E-state index < -0.39 is 0 Å². The van der Waals surface area contributed by atoms with Crippen molar-refractivity contribution >= 4 is 23.0 Å². The third-order valence-corrected chi connectivity index (χ3v) is 4.73. The van der Waals surface area contributed by atoms with Gasteiger partial charge in [0.25, 0.3) is 0 Å². The first-order valence-electron chi connectivity index (χ1n) is 6.49. The molecule has 1 saturated carbocycles. The van der Waals surface area contributed by atoms with E-state index in [9.17, 15) is 0 Å². The van der Waals surface area contributed by atoms with Gasteiger partial charge in [-0.15, -0.1) is 0 Å². The lowest BCUT2D eigenvalue weighted by atomic mass is 9.79. The topological polar surface area (TPSA) is 15.3 Å². The summed E-state index contributed by atoms with van der Waals surface area (Å²) in [6.07, 6.45) is 6.62. The maximum absolute atomic E-state index is 6.36. The molecule has 1 N–H and O–H groups in total. The highest BCUT2D eigenvalue weighted by molar-refractivity contribution is 6.34. The van der Waals surface area contributed by atoms with Crippen LogP contribution >= 0.6 is 11.6 Å². The van der Waals surface area contributed by atoms with Gasteiger partial charge in [-0.25, -0.2) is 0 Å². The fourth-order valence-corrected chi connectivity index (χ4v) is 3.64. The Balaban J connectivity index is 2.01. The number of benzene rings is 1. The summed E-state index contributed by atoms with van der Waals surface area (Å²) in [7, 11) is 2.21. The van der Waals surface area contributed by atoms with Crippen LogP contribution in [0.25, 0.3) is 0 Å². The molecule has 1 aliphatic heterocycles. The SMILES string of the molecule is CN1c2c(Cl)cccc2NCC12CCCCC2. The first-order valence-corrected chi connectivity index (χ1v) is 6.87. The van der Waals surface area contributed by atoms with Gasteiger partial charge in [-0.3, -0.25) is 0 Å². The number of rotatable bonds is 0. The van der Waals surface area contributed by atoms with E-state index in [0.717, 1.165) is 11.6 Å². The molecular formula is C14H19ClN2. The lowest BCUT2D eigenvalue weighted by Gasteiger charge is -2.50. The molecule has 92 valence electrons. The minimum Gasteiger partial charge on any atom is -0.381 e. The summed E-state index contributed by atoms with van der Waals surface area (Å²) in [4.78, 5) is 2.43. The highest BCUT2D eigenvalue weighted by atomic mass is 35.5. The van der Waals surface area contributed by atoms with Crippen molar-refractivity contribution in [1.82, 2.24) is 0 Å². The van der Waals surface area contributed by atoms with Gasteiger partial charge in [0.1, 0.15) is 0 Å². The van der Waals surface area contributed by atoms with Crippen molar-refractivity contribution in [2.24, 2.45) is 0 Å². The standard InChI is InChI=1S/C14H19ClN2/c1-17-13-11(15)6-5-7-12(13)16-10-14(17)8-3-2-4-9-14/h5-7,16H,2-4,8-10H2,1H3. The molecule has 0 bridgehead atoms. The Hall–Kier alpha value is -0.890. The van der Waals surface area contributed by atoms with Crippen molar-refractivity contribution in [2.75, 3.05) is 23.8 Å². The van der Waals surface area contributed by atoms with Crippen molar-refractivity contribution in [1.29, 1.82) is 0 Å². The number of nitrogens with zero attached hydrogens (tertiary/aromatic N) is 1. The van der Waals surface area contributed by atoms with E-state index in [1.807, 2.05) is 12.1 Å². The number of halogens is 1. The number of fused-ring (bicyclic) bond motifs is 1. The zero-order valence-electron chi connectivity index (χ0n) is 10.3. The third-order valence-electron chi connectivity index (χ3n) is 4.43. The predicted molar refractivity (Wildman–Crippen MR) is 74.2 cm³/mol. The Bertz CT molecular complexity index is 424. The second-order valence-electron chi connectivity index (χ2n) is 5.33. The molecule has 1 aromatic rings. The van der Waals surface area contributed by atoms with Gasteiger partial charge < -0.3 is 10.2 Å². The van der Waals surface area contributed by atoms with E-state index in [2.05, 4.69) is 23.3 Å². The van der Waals surface area contributed by atoms with Gasteiger partial charge in [-0.1, -0.05) is 36.9 Å². The lowest BCUT2D eigenvalue weighted by Crippen LogP contribution is -2.55. The molecule has 1 aromatic carbocycles. The monoisotopic (exact) mass is 250 g/mol.